The molecule has 6 nitrogen and oxygen atoms in total. The summed E-state index contributed by atoms with van der Waals surface area (Å²) < 4.78 is 11.5. The lowest BCUT2D eigenvalue weighted by atomic mass is 10.2. The molecule has 2 aromatic carbocycles. The van der Waals surface area contributed by atoms with Gasteiger partial charge in [0.05, 0.1) is 30.3 Å². The largest absolute Gasteiger partial charge is 0.493 e. The van der Waals surface area contributed by atoms with Crippen molar-refractivity contribution in [3.8, 4) is 11.5 Å². The Morgan fingerprint density at radius 2 is 1.97 bits per heavy atom. The van der Waals surface area contributed by atoms with Crippen LogP contribution < -0.4 is 14.8 Å². The quantitative estimate of drug-likeness (QED) is 0.549. The van der Waals surface area contributed by atoms with E-state index in [-0.39, 0.29) is 5.91 Å². The zero-order valence-electron chi connectivity index (χ0n) is 15.6. The number of amidine groups is 1. The number of hydrogen-bond donors (Lipinski definition) is 1. The Kier molecular flexibility index (Phi) is 5.55. The van der Waals surface area contributed by atoms with Crippen LogP contribution in [0.5, 0.6) is 11.5 Å². The highest BCUT2D eigenvalue weighted by atomic mass is 79.9. The number of amides is 1. The molecule has 146 valence electrons. The topological polar surface area (TPSA) is 72.8 Å². The fraction of sp³-hybridized carbons (Fsp3) is 0.0952. The van der Waals surface area contributed by atoms with Crippen LogP contribution in [0.2, 0.25) is 0 Å². The third-order valence-electron chi connectivity index (χ3n) is 4.27. The number of pyridine rings is 1. The molecule has 8 heteroatoms. The highest BCUT2D eigenvalue weighted by Gasteiger charge is 2.24. The minimum Gasteiger partial charge on any atom is -0.493 e. The number of ether oxygens (including phenoxy) is 2. The summed E-state index contributed by atoms with van der Waals surface area (Å²) in [4.78, 5) is 22.0. The molecule has 1 aliphatic rings. The number of nitrogens with zero attached hydrogens (tertiary/aromatic N) is 2. The first kappa shape index (κ1) is 19.5. The molecule has 0 radical (unpaired) electrons. The van der Waals surface area contributed by atoms with Crippen molar-refractivity contribution in [1.82, 2.24) is 10.3 Å². The highest BCUT2D eigenvalue weighted by molar-refractivity contribution is 9.10. The van der Waals surface area contributed by atoms with Gasteiger partial charge in [-0.25, -0.2) is 4.99 Å². The van der Waals surface area contributed by atoms with E-state index in [0.717, 1.165) is 20.9 Å². The maximum absolute atomic E-state index is 12.4. The van der Waals surface area contributed by atoms with Crippen molar-refractivity contribution in [2.45, 2.75) is 0 Å². The van der Waals surface area contributed by atoms with Crippen molar-refractivity contribution >= 4 is 61.4 Å². The normalized spacial score (nSPS) is 16.4. The molecule has 29 heavy (non-hydrogen) atoms. The van der Waals surface area contributed by atoms with Gasteiger partial charge in [-0.2, -0.15) is 0 Å². The number of halogens is 1. The molecule has 1 fully saturated rings. The molecule has 1 saturated heterocycles. The Bertz CT molecular complexity index is 1180. The van der Waals surface area contributed by atoms with Crippen LogP contribution in [0.1, 0.15) is 5.56 Å². The molecule has 2 heterocycles. The Morgan fingerprint density at radius 3 is 2.76 bits per heavy atom. The number of rotatable bonds is 4. The number of methoxy groups -OCH3 is 2. The summed E-state index contributed by atoms with van der Waals surface area (Å²) in [5, 5.41) is 4.29. The molecular weight excluding hydrogens is 454 g/mol. The number of aliphatic imine (C=N–C) groups is 1. The number of thioether (sulfide) groups is 1. The van der Waals surface area contributed by atoms with Crippen molar-refractivity contribution in [2.75, 3.05) is 14.2 Å². The summed E-state index contributed by atoms with van der Waals surface area (Å²) in [6.07, 6.45) is 3.52. The van der Waals surface area contributed by atoms with Gasteiger partial charge in [0.25, 0.3) is 5.91 Å². The predicted octanol–water partition coefficient (Wildman–Crippen LogP) is 4.91. The first-order chi connectivity index (χ1) is 14.1. The van der Waals surface area contributed by atoms with Crippen molar-refractivity contribution in [1.29, 1.82) is 0 Å². The molecule has 3 aromatic rings. The third kappa shape index (κ3) is 3.99. The fourth-order valence-corrected chi connectivity index (χ4v) is 4.18. The van der Waals surface area contributed by atoms with Crippen LogP contribution in [0.25, 0.3) is 17.0 Å². The monoisotopic (exact) mass is 469 g/mol. The molecular formula is C21H16BrN3O3S. The van der Waals surface area contributed by atoms with Gasteiger partial charge in [0.1, 0.15) is 0 Å². The molecule has 0 saturated carbocycles. The van der Waals surface area contributed by atoms with Gasteiger partial charge in [-0.15, -0.1) is 0 Å². The molecule has 0 aliphatic carbocycles. The van der Waals surface area contributed by atoms with Gasteiger partial charge < -0.3 is 14.8 Å². The second-order valence-electron chi connectivity index (χ2n) is 6.06. The maximum atomic E-state index is 12.4. The van der Waals surface area contributed by atoms with Crippen LogP contribution in [-0.4, -0.2) is 30.3 Å². The van der Waals surface area contributed by atoms with Crippen LogP contribution >= 0.6 is 27.7 Å². The fourth-order valence-electron chi connectivity index (χ4n) is 2.90. The van der Waals surface area contributed by atoms with E-state index in [1.807, 2.05) is 36.4 Å². The van der Waals surface area contributed by atoms with Crippen LogP contribution in [-0.2, 0) is 4.79 Å². The average Bonchev–Trinajstić information content (AvgIpc) is 3.09. The summed E-state index contributed by atoms with van der Waals surface area (Å²) in [6, 6.07) is 13.1. The lowest BCUT2D eigenvalue weighted by molar-refractivity contribution is -0.115. The van der Waals surface area contributed by atoms with E-state index in [0.29, 0.717) is 27.3 Å². The zero-order valence-corrected chi connectivity index (χ0v) is 18.0. The number of carbonyl (C=O) groups excluding carboxylic acids is 1. The lowest BCUT2D eigenvalue weighted by Crippen LogP contribution is -2.19. The molecule has 1 aromatic heterocycles. The van der Waals surface area contributed by atoms with Crippen LogP contribution in [0, 0.1) is 0 Å². The third-order valence-corrected chi connectivity index (χ3v) is 5.87. The van der Waals surface area contributed by atoms with E-state index >= 15 is 0 Å². The van der Waals surface area contributed by atoms with E-state index in [4.69, 9.17) is 9.47 Å². The second kappa shape index (κ2) is 8.26. The van der Waals surface area contributed by atoms with Crippen molar-refractivity contribution in [3.05, 3.63) is 63.6 Å². The van der Waals surface area contributed by atoms with Crippen molar-refractivity contribution in [2.24, 2.45) is 4.99 Å². The van der Waals surface area contributed by atoms with E-state index in [1.165, 1.54) is 11.8 Å². The minimum absolute atomic E-state index is 0.196. The average molecular weight is 470 g/mol. The van der Waals surface area contributed by atoms with E-state index in [9.17, 15) is 4.79 Å². The van der Waals surface area contributed by atoms with Gasteiger partial charge in [0, 0.05) is 16.1 Å². The zero-order chi connectivity index (χ0) is 20.4. The molecule has 1 amide bonds. The molecule has 1 N–H and O–H groups in total. The molecule has 0 bridgehead atoms. The minimum atomic E-state index is -0.196. The van der Waals surface area contributed by atoms with Crippen LogP contribution in [0.4, 0.5) is 5.69 Å². The number of carbonyl (C=O) groups is 1. The smallest absolute Gasteiger partial charge is 0.264 e. The van der Waals surface area contributed by atoms with Gasteiger partial charge in [-0.3, -0.25) is 9.78 Å². The summed E-state index contributed by atoms with van der Waals surface area (Å²) in [5.74, 6) is 1.04. The Hall–Kier alpha value is -2.84. The molecule has 1 aliphatic heterocycles. The number of aromatic nitrogens is 1. The number of hydrogen-bond acceptors (Lipinski definition) is 6. The summed E-state index contributed by atoms with van der Waals surface area (Å²) in [7, 11) is 3.16. The highest BCUT2D eigenvalue weighted by Crippen LogP contribution is 2.34. The Morgan fingerprint density at radius 1 is 1.14 bits per heavy atom. The van der Waals surface area contributed by atoms with Gasteiger partial charge in [0.2, 0.25) is 0 Å². The van der Waals surface area contributed by atoms with Gasteiger partial charge in [0.15, 0.2) is 16.7 Å². The summed E-state index contributed by atoms with van der Waals surface area (Å²) in [5.41, 5.74) is 2.29. The lowest BCUT2D eigenvalue weighted by Gasteiger charge is -2.07. The van der Waals surface area contributed by atoms with Crippen molar-refractivity contribution < 1.29 is 14.3 Å². The number of fused-ring (bicyclic) bond motifs is 1. The van der Waals surface area contributed by atoms with Gasteiger partial charge >= 0.3 is 0 Å². The van der Waals surface area contributed by atoms with E-state index in [1.54, 1.807) is 32.6 Å². The Balaban J connectivity index is 1.65. The standard InChI is InChI=1S/C21H16BrN3O3S/c1-27-16-8-5-12(10-17(16)28-2)11-18-20(26)25-21(29-18)24-15-7-6-14(22)13-4-3-9-23-19(13)15/h3-11H,1-2H3,(H,24,25,26)/b18-11-. The molecule has 4 rings (SSSR count). The Labute approximate surface area is 180 Å². The summed E-state index contributed by atoms with van der Waals surface area (Å²) in [6.45, 7) is 0. The van der Waals surface area contributed by atoms with Crippen molar-refractivity contribution in [3.63, 3.8) is 0 Å². The van der Waals surface area contributed by atoms with Crippen LogP contribution in [0.15, 0.2) is 63.0 Å². The van der Waals surface area contributed by atoms with Gasteiger partial charge in [-0.05, 0) is 53.7 Å². The second-order valence-corrected chi connectivity index (χ2v) is 7.95. The predicted molar refractivity (Wildman–Crippen MR) is 120 cm³/mol. The molecule has 0 spiro atoms. The van der Waals surface area contributed by atoms with E-state index in [2.05, 4.69) is 31.2 Å². The number of benzene rings is 2. The first-order valence-corrected chi connectivity index (χ1v) is 10.2. The summed E-state index contributed by atoms with van der Waals surface area (Å²) >= 11 is 4.81. The maximum Gasteiger partial charge on any atom is 0.264 e. The first-order valence-electron chi connectivity index (χ1n) is 8.64. The molecule has 0 atom stereocenters. The number of nitrogens with one attached hydrogen (secondary N) is 1. The van der Waals surface area contributed by atoms with E-state index < -0.39 is 0 Å². The van der Waals surface area contributed by atoms with Crippen LogP contribution in [0.3, 0.4) is 0 Å². The van der Waals surface area contributed by atoms with Gasteiger partial charge in [-0.1, -0.05) is 28.1 Å². The SMILES string of the molecule is COc1ccc(/C=C2\SC(=Nc3ccc(Br)c4cccnc34)NC2=O)cc1OC. The molecule has 0 unspecified atom stereocenters.